The number of rotatable bonds is 6. The quantitative estimate of drug-likeness (QED) is 0.644. The van der Waals surface area contributed by atoms with E-state index in [1.807, 2.05) is 6.92 Å². The third-order valence-corrected chi connectivity index (χ3v) is 2.06. The van der Waals surface area contributed by atoms with Gasteiger partial charge in [-0.2, -0.15) is 0 Å². The summed E-state index contributed by atoms with van der Waals surface area (Å²) in [7, 11) is 0. The first kappa shape index (κ1) is 12.4. The van der Waals surface area contributed by atoms with Crippen LogP contribution in [-0.4, -0.2) is 28.7 Å². The van der Waals surface area contributed by atoms with Gasteiger partial charge in [0.1, 0.15) is 6.23 Å². The monoisotopic (exact) mass is 187 g/mol. The molecule has 0 aliphatic heterocycles. The minimum absolute atomic E-state index is 0.0330. The number of carbonyl (C=O) groups is 1. The maximum absolute atomic E-state index is 11.1. The molecule has 0 saturated heterocycles. The predicted molar refractivity (Wildman–Crippen MR) is 53.2 cm³/mol. The lowest BCUT2D eigenvalue weighted by Gasteiger charge is -2.26. The topological polar surface area (TPSA) is 40.5 Å². The fraction of sp³-hybridized carbons (Fsp3) is 0.900. The second kappa shape index (κ2) is 6.89. The average Bonchev–Trinajstić information content (AvgIpc) is 2.05. The van der Waals surface area contributed by atoms with Crippen molar-refractivity contribution in [2.75, 3.05) is 6.54 Å². The molecule has 0 aromatic carbocycles. The summed E-state index contributed by atoms with van der Waals surface area (Å²) in [6.45, 7) is 6.26. The average molecular weight is 187 g/mol. The second-order valence-electron chi connectivity index (χ2n) is 3.34. The molecule has 3 nitrogen and oxygen atoms in total. The van der Waals surface area contributed by atoms with Crippen molar-refractivity contribution >= 4 is 5.91 Å². The standard InChI is InChI=1S/C10H21NO2/c1-4-6-8-11(9(3)12)10(13)7-5-2/h10,13H,4-8H2,1-3H3. The zero-order chi connectivity index (χ0) is 10.3. The Morgan fingerprint density at radius 2 is 2.00 bits per heavy atom. The summed E-state index contributed by atoms with van der Waals surface area (Å²) in [5.41, 5.74) is 0. The van der Waals surface area contributed by atoms with E-state index >= 15 is 0 Å². The maximum atomic E-state index is 11.1. The Labute approximate surface area is 80.7 Å². The Kier molecular flexibility index (Phi) is 6.59. The summed E-state index contributed by atoms with van der Waals surface area (Å²) in [5, 5.41) is 9.61. The minimum Gasteiger partial charge on any atom is -0.374 e. The Bertz CT molecular complexity index is 148. The number of unbranched alkanes of at least 4 members (excludes halogenated alkanes) is 1. The molecule has 78 valence electrons. The van der Waals surface area contributed by atoms with Crippen LogP contribution in [0.25, 0.3) is 0 Å². The molecule has 0 saturated carbocycles. The number of hydrogen-bond donors (Lipinski definition) is 1. The summed E-state index contributed by atoms with van der Waals surface area (Å²) >= 11 is 0. The lowest BCUT2D eigenvalue weighted by molar-refractivity contribution is -0.139. The van der Waals surface area contributed by atoms with Crippen LogP contribution in [0.4, 0.5) is 0 Å². The van der Waals surface area contributed by atoms with Gasteiger partial charge >= 0.3 is 0 Å². The first-order valence-electron chi connectivity index (χ1n) is 5.08. The molecule has 3 heteroatoms. The number of carbonyl (C=O) groups excluding carboxylic acids is 1. The van der Waals surface area contributed by atoms with Crippen molar-refractivity contribution in [2.24, 2.45) is 0 Å². The van der Waals surface area contributed by atoms with Gasteiger partial charge in [0.2, 0.25) is 5.91 Å². The van der Waals surface area contributed by atoms with Gasteiger partial charge in [0.05, 0.1) is 0 Å². The molecular weight excluding hydrogens is 166 g/mol. The van der Waals surface area contributed by atoms with Crippen LogP contribution in [0.2, 0.25) is 0 Å². The van der Waals surface area contributed by atoms with Crippen LogP contribution in [0.1, 0.15) is 46.5 Å². The predicted octanol–water partition coefficient (Wildman–Crippen LogP) is 1.75. The Morgan fingerprint density at radius 3 is 2.38 bits per heavy atom. The molecule has 0 aliphatic carbocycles. The highest BCUT2D eigenvalue weighted by Crippen LogP contribution is 2.06. The number of nitrogens with zero attached hydrogens (tertiary/aromatic N) is 1. The van der Waals surface area contributed by atoms with E-state index in [4.69, 9.17) is 0 Å². The molecule has 0 fully saturated rings. The van der Waals surface area contributed by atoms with Gasteiger partial charge in [0.25, 0.3) is 0 Å². The first-order chi connectivity index (χ1) is 6.13. The molecular formula is C10H21NO2. The lowest BCUT2D eigenvalue weighted by atomic mass is 10.2. The molecule has 13 heavy (non-hydrogen) atoms. The second-order valence-corrected chi connectivity index (χ2v) is 3.34. The van der Waals surface area contributed by atoms with Crippen LogP contribution in [0.15, 0.2) is 0 Å². The van der Waals surface area contributed by atoms with Crippen molar-refractivity contribution in [2.45, 2.75) is 52.7 Å². The maximum Gasteiger partial charge on any atom is 0.221 e. The van der Waals surface area contributed by atoms with Gasteiger partial charge in [0.15, 0.2) is 0 Å². The van der Waals surface area contributed by atoms with E-state index in [1.54, 1.807) is 4.90 Å². The van der Waals surface area contributed by atoms with E-state index in [9.17, 15) is 9.90 Å². The van der Waals surface area contributed by atoms with Crippen LogP contribution in [-0.2, 0) is 4.79 Å². The lowest BCUT2D eigenvalue weighted by Crippen LogP contribution is -2.39. The molecule has 1 atom stereocenters. The normalized spacial score (nSPS) is 12.6. The van der Waals surface area contributed by atoms with E-state index in [2.05, 4.69) is 6.92 Å². The van der Waals surface area contributed by atoms with Crippen LogP contribution in [0.5, 0.6) is 0 Å². The number of aliphatic hydroxyl groups excluding tert-OH is 1. The van der Waals surface area contributed by atoms with Crippen LogP contribution in [0, 0.1) is 0 Å². The fourth-order valence-electron chi connectivity index (χ4n) is 1.26. The molecule has 0 bridgehead atoms. The first-order valence-corrected chi connectivity index (χ1v) is 5.08. The Balaban J connectivity index is 3.99. The molecule has 1 unspecified atom stereocenters. The van der Waals surface area contributed by atoms with Crippen molar-refractivity contribution in [1.29, 1.82) is 0 Å². The zero-order valence-corrected chi connectivity index (χ0v) is 8.92. The Morgan fingerprint density at radius 1 is 1.38 bits per heavy atom. The van der Waals surface area contributed by atoms with E-state index in [0.717, 1.165) is 19.3 Å². The summed E-state index contributed by atoms with van der Waals surface area (Å²) in [6, 6.07) is 0. The third kappa shape index (κ3) is 4.88. The van der Waals surface area contributed by atoms with Crippen molar-refractivity contribution in [3.05, 3.63) is 0 Å². The van der Waals surface area contributed by atoms with Gasteiger partial charge < -0.3 is 10.0 Å². The molecule has 0 heterocycles. The van der Waals surface area contributed by atoms with Crippen LogP contribution < -0.4 is 0 Å². The highest BCUT2D eigenvalue weighted by molar-refractivity contribution is 5.73. The molecule has 0 aromatic heterocycles. The molecule has 0 radical (unpaired) electrons. The van der Waals surface area contributed by atoms with Crippen LogP contribution in [0.3, 0.4) is 0 Å². The van der Waals surface area contributed by atoms with Gasteiger partial charge in [-0.1, -0.05) is 26.7 Å². The summed E-state index contributed by atoms with van der Waals surface area (Å²) in [6.07, 6.45) is 2.98. The fourth-order valence-corrected chi connectivity index (χ4v) is 1.26. The SMILES string of the molecule is CCCCN(C(C)=O)C(O)CCC. The third-order valence-electron chi connectivity index (χ3n) is 2.06. The summed E-state index contributed by atoms with van der Waals surface area (Å²) < 4.78 is 0. The molecule has 0 rings (SSSR count). The highest BCUT2D eigenvalue weighted by Gasteiger charge is 2.16. The van der Waals surface area contributed by atoms with E-state index in [-0.39, 0.29) is 5.91 Å². The van der Waals surface area contributed by atoms with Crippen molar-refractivity contribution in [3.63, 3.8) is 0 Å². The van der Waals surface area contributed by atoms with E-state index < -0.39 is 6.23 Å². The number of aliphatic hydroxyl groups is 1. The summed E-state index contributed by atoms with van der Waals surface area (Å²) in [5.74, 6) is -0.0330. The van der Waals surface area contributed by atoms with E-state index in [1.165, 1.54) is 6.92 Å². The minimum atomic E-state index is -0.589. The van der Waals surface area contributed by atoms with Gasteiger partial charge in [-0.15, -0.1) is 0 Å². The van der Waals surface area contributed by atoms with Gasteiger partial charge in [-0.05, 0) is 12.8 Å². The van der Waals surface area contributed by atoms with Gasteiger partial charge in [-0.25, -0.2) is 0 Å². The molecule has 0 aliphatic rings. The zero-order valence-electron chi connectivity index (χ0n) is 8.92. The number of amides is 1. The van der Waals surface area contributed by atoms with Gasteiger partial charge in [-0.3, -0.25) is 4.79 Å². The summed E-state index contributed by atoms with van der Waals surface area (Å²) in [4.78, 5) is 12.7. The molecule has 0 spiro atoms. The van der Waals surface area contributed by atoms with Crippen molar-refractivity contribution < 1.29 is 9.90 Å². The largest absolute Gasteiger partial charge is 0.374 e. The Hall–Kier alpha value is -0.570. The smallest absolute Gasteiger partial charge is 0.221 e. The van der Waals surface area contributed by atoms with Crippen LogP contribution >= 0.6 is 0 Å². The van der Waals surface area contributed by atoms with Gasteiger partial charge in [0, 0.05) is 13.5 Å². The molecule has 1 N–H and O–H groups in total. The highest BCUT2D eigenvalue weighted by atomic mass is 16.3. The molecule has 1 amide bonds. The van der Waals surface area contributed by atoms with Crippen molar-refractivity contribution in [3.8, 4) is 0 Å². The number of hydrogen-bond acceptors (Lipinski definition) is 2. The molecule has 0 aromatic rings. The van der Waals surface area contributed by atoms with Crippen molar-refractivity contribution in [1.82, 2.24) is 4.90 Å². The van der Waals surface area contributed by atoms with E-state index in [0.29, 0.717) is 13.0 Å².